The molecular formula is C68H36N4OS2. The minimum Gasteiger partial charge on any atom is -0.454 e. The van der Waals surface area contributed by atoms with Crippen LogP contribution in [-0.2, 0) is 0 Å². The largest absolute Gasteiger partial charge is 0.454 e. The first-order valence-electron chi connectivity index (χ1n) is 24.9. The van der Waals surface area contributed by atoms with Gasteiger partial charge in [-0.25, -0.2) is 4.85 Å². The number of fused-ring (bicyclic) bond motifs is 18. The molecule has 0 bridgehead atoms. The minimum atomic E-state index is 0.398. The van der Waals surface area contributed by atoms with Crippen molar-refractivity contribution < 1.29 is 4.42 Å². The number of benzene rings is 11. The van der Waals surface area contributed by atoms with E-state index in [4.69, 9.17) is 4.42 Å². The maximum atomic E-state index is 12.2. The minimum absolute atomic E-state index is 0.398. The third-order valence-corrected chi connectivity index (χ3v) is 17.8. The van der Waals surface area contributed by atoms with Crippen LogP contribution in [0.3, 0.4) is 0 Å². The summed E-state index contributed by atoms with van der Waals surface area (Å²) in [6.45, 7) is 9.58. The van der Waals surface area contributed by atoms with Crippen molar-refractivity contribution in [1.82, 2.24) is 9.13 Å². The lowest BCUT2D eigenvalue weighted by Crippen LogP contribution is -2.09. The van der Waals surface area contributed by atoms with E-state index in [0.29, 0.717) is 28.2 Å². The number of rotatable bonds is 5. The highest BCUT2D eigenvalue weighted by Crippen LogP contribution is 2.55. The van der Waals surface area contributed by atoms with Crippen LogP contribution in [0.5, 0.6) is 0 Å². The van der Waals surface area contributed by atoms with Crippen molar-refractivity contribution in [1.29, 1.82) is 5.26 Å². The van der Waals surface area contributed by atoms with E-state index in [9.17, 15) is 11.8 Å². The van der Waals surface area contributed by atoms with Crippen LogP contribution in [0.1, 0.15) is 5.56 Å². The van der Waals surface area contributed by atoms with Gasteiger partial charge in [0, 0.05) is 74.4 Å². The average Bonchev–Trinajstić information content (AvgIpc) is 4.46. The van der Waals surface area contributed by atoms with Crippen LogP contribution in [0.15, 0.2) is 223 Å². The van der Waals surface area contributed by atoms with Gasteiger partial charge in [0.2, 0.25) is 5.69 Å². The van der Waals surface area contributed by atoms with Crippen LogP contribution in [0.25, 0.3) is 155 Å². The molecule has 7 heteroatoms. The van der Waals surface area contributed by atoms with Gasteiger partial charge in [-0.15, -0.1) is 22.7 Å². The summed E-state index contributed by atoms with van der Waals surface area (Å²) in [7, 11) is 0. The van der Waals surface area contributed by atoms with Gasteiger partial charge in [-0.3, -0.25) is 0 Å². The number of furan rings is 1. The van der Waals surface area contributed by atoms with Gasteiger partial charge in [-0.2, -0.15) is 5.26 Å². The van der Waals surface area contributed by atoms with E-state index in [1.807, 2.05) is 42.5 Å². The topological polar surface area (TPSA) is 51.1 Å². The van der Waals surface area contributed by atoms with Crippen molar-refractivity contribution >= 4 is 134 Å². The third kappa shape index (κ3) is 5.74. The van der Waals surface area contributed by atoms with E-state index < -0.39 is 0 Å². The van der Waals surface area contributed by atoms with Gasteiger partial charge in [-0.05, 0) is 52.6 Å². The third-order valence-electron chi connectivity index (χ3n) is 15.4. The van der Waals surface area contributed by atoms with Gasteiger partial charge in [-0.1, -0.05) is 188 Å². The van der Waals surface area contributed by atoms with Crippen molar-refractivity contribution in [3.8, 4) is 50.8 Å². The molecular weight excluding hydrogens is 953 g/mol. The molecule has 0 unspecified atom stereocenters. The molecule has 0 spiro atoms. The molecule has 0 saturated heterocycles. The molecule has 0 radical (unpaired) electrons. The molecule has 0 aliphatic carbocycles. The molecule has 75 heavy (non-hydrogen) atoms. The van der Waals surface area contributed by atoms with Crippen LogP contribution in [0, 0.1) is 17.9 Å². The fourth-order valence-electron chi connectivity index (χ4n) is 12.3. The molecule has 11 aromatic carbocycles. The molecule has 346 valence electrons. The van der Waals surface area contributed by atoms with Crippen molar-refractivity contribution in [2.75, 3.05) is 0 Å². The number of hydrogen-bond acceptors (Lipinski definition) is 4. The summed E-state index contributed by atoms with van der Waals surface area (Å²) in [5.41, 5.74) is 12.7. The normalized spacial score (nSPS) is 12.0. The van der Waals surface area contributed by atoms with Crippen molar-refractivity contribution in [3.05, 3.63) is 235 Å². The molecule has 0 aliphatic rings. The van der Waals surface area contributed by atoms with Gasteiger partial charge in [0.25, 0.3) is 0 Å². The Labute approximate surface area is 436 Å². The van der Waals surface area contributed by atoms with Gasteiger partial charge in [0.05, 0.1) is 55.0 Å². The van der Waals surface area contributed by atoms with Gasteiger partial charge in [0.15, 0.2) is 5.58 Å². The van der Waals surface area contributed by atoms with E-state index in [1.54, 1.807) is 22.7 Å². The van der Waals surface area contributed by atoms with Crippen LogP contribution in [-0.4, -0.2) is 9.13 Å². The Kier molecular flexibility index (Phi) is 8.85. The Hall–Kier alpha value is -9.76. The molecule has 0 atom stereocenters. The quantitative estimate of drug-likeness (QED) is 0.161. The summed E-state index contributed by atoms with van der Waals surface area (Å²) in [5.74, 6) is 0. The SMILES string of the molecule is [C-]#[N+]c1c(-c2ccccc2)c(C#N)c(-n2c3ccccc3c3ccc4c(oc5cccc(-c6ccccc6)c54)c32)c(-c2ccccc2)c1-n1c2c(ccc3c4ccccc4sc32)c2ccc3c4ccccc4sc3c21. The van der Waals surface area contributed by atoms with Crippen molar-refractivity contribution in [2.24, 2.45) is 0 Å². The lowest BCUT2D eigenvalue weighted by Gasteiger charge is -2.26. The highest BCUT2D eigenvalue weighted by Gasteiger charge is 2.34. The van der Waals surface area contributed by atoms with Gasteiger partial charge >= 0.3 is 0 Å². The predicted molar refractivity (Wildman–Crippen MR) is 315 cm³/mol. The zero-order valence-corrected chi connectivity index (χ0v) is 41.4. The second-order valence-corrected chi connectivity index (χ2v) is 21.3. The summed E-state index contributed by atoms with van der Waals surface area (Å²) in [5, 5.41) is 23.1. The van der Waals surface area contributed by atoms with Crippen LogP contribution < -0.4 is 0 Å². The molecule has 5 heterocycles. The molecule has 16 rings (SSSR count). The summed E-state index contributed by atoms with van der Waals surface area (Å²) in [4.78, 5) is 4.68. The van der Waals surface area contributed by atoms with Gasteiger partial charge in [0.1, 0.15) is 11.7 Å². The Balaban J connectivity index is 1.19. The number of nitriles is 1. The number of hydrogen-bond donors (Lipinski definition) is 0. The second-order valence-electron chi connectivity index (χ2n) is 19.2. The predicted octanol–water partition coefficient (Wildman–Crippen LogP) is 19.9. The van der Waals surface area contributed by atoms with E-state index in [1.165, 1.54) is 20.2 Å². The van der Waals surface area contributed by atoms with Crippen LogP contribution >= 0.6 is 22.7 Å². The first-order chi connectivity index (χ1) is 37.2. The van der Waals surface area contributed by atoms with Crippen LogP contribution in [0.4, 0.5) is 5.69 Å². The fraction of sp³-hybridized carbons (Fsp3) is 0. The smallest absolute Gasteiger partial charge is 0.220 e. The molecule has 0 fully saturated rings. The van der Waals surface area contributed by atoms with E-state index in [0.717, 1.165) is 114 Å². The number of para-hydroxylation sites is 1. The summed E-state index contributed by atoms with van der Waals surface area (Å²) in [6.07, 6.45) is 0. The Morgan fingerprint density at radius 2 is 0.933 bits per heavy atom. The van der Waals surface area contributed by atoms with E-state index in [-0.39, 0.29) is 0 Å². The van der Waals surface area contributed by atoms with E-state index in [2.05, 4.69) is 196 Å². The number of nitrogens with zero attached hydrogens (tertiary/aromatic N) is 4. The second kappa shape index (κ2) is 15.9. The number of thiophene rings is 2. The maximum Gasteiger partial charge on any atom is 0.220 e. The lowest BCUT2D eigenvalue weighted by atomic mass is 9.88. The molecule has 16 aromatic rings. The van der Waals surface area contributed by atoms with E-state index >= 15 is 0 Å². The summed E-state index contributed by atoms with van der Waals surface area (Å²) in [6, 6.07) is 79.4. The molecule has 0 aliphatic heterocycles. The summed E-state index contributed by atoms with van der Waals surface area (Å²) < 4.78 is 16.6. The molecule has 0 N–H and O–H groups in total. The molecule has 5 nitrogen and oxygen atoms in total. The first kappa shape index (κ1) is 41.8. The standard InChI is InChI=1S/C68H36N4OS2/c1-70-60-57(40-20-7-3-8-21-40)52(38-69)61(71-53-28-14-11-24-43(53)46-34-37-51-59-42(39-18-5-2-6-19-39)27-17-29-54(59)73-66(51)62(46)71)58(41-22-9-4-10-23-41)65(60)72-63-47(32-35-49-44-25-12-15-30-55(44)74-67(49)63)48-33-36-50-45-26-13-16-31-56(45)75-68(50)64(48)72/h2-37H. The Morgan fingerprint density at radius 1 is 0.427 bits per heavy atom. The van der Waals surface area contributed by atoms with Crippen molar-refractivity contribution in [3.63, 3.8) is 0 Å². The highest BCUT2D eigenvalue weighted by atomic mass is 32.1. The molecule has 0 amide bonds. The Bertz CT molecular complexity index is 5070. The monoisotopic (exact) mass is 988 g/mol. The molecule has 0 saturated carbocycles. The maximum absolute atomic E-state index is 12.2. The van der Waals surface area contributed by atoms with Crippen molar-refractivity contribution in [2.45, 2.75) is 0 Å². The number of aromatic nitrogens is 2. The van der Waals surface area contributed by atoms with Crippen LogP contribution in [0.2, 0.25) is 0 Å². The first-order valence-corrected chi connectivity index (χ1v) is 26.6. The summed E-state index contributed by atoms with van der Waals surface area (Å²) >= 11 is 3.59. The lowest BCUT2D eigenvalue weighted by molar-refractivity contribution is 0.671. The molecule has 5 aromatic heterocycles. The van der Waals surface area contributed by atoms with Gasteiger partial charge < -0.3 is 13.6 Å². The average molecular weight is 989 g/mol. The Morgan fingerprint density at radius 3 is 1.53 bits per heavy atom. The zero-order chi connectivity index (χ0) is 49.5. The zero-order valence-electron chi connectivity index (χ0n) is 39.8. The fourth-order valence-corrected chi connectivity index (χ4v) is 14.8. The highest BCUT2D eigenvalue weighted by molar-refractivity contribution is 7.27.